The molecule has 1 N–H and O–H groups in total. The van der Waals surface area contributed by atoms with Crippen LogP contribution in [-0.2, 0) is 9.59 Å². The molecule has 1 saturated heterocycles. The van der Waals surface area contributed by atoms with Crippen LogP contribution < -0.4 is 5.32 Å². The molecule has 1 aliphatic heterocycles. The van der Waals surface area contributed by atoms with Gasteiger partial charge in [0.25, 0.3) is 0 Å². The number of nitrogens with zero attached hydrogens (tertiary/aromatic N) is 1. The predicted octanol–water partition coefficient (Wildman–Crippen LogP) is -0.737. The molecule has 68 valence electrons. The molecular weight excluding hydrogens is 176 g/mol. The van der Waals surface area contributed by atoms with E-state index in [1.807, 2.05) is 4.90 Å². The molecule has 0 aromatic rings. The summed E-state index contributed by atoms with van der Waals surface area (Å²) in [5, 5.41) is 2.50. The zero-order chi connectivity index (χ0) is 9.14. The van der Waals surface area contributed by atoms with Gasteiger partial charge in [-0.3, -0.25) is 14.5 Å². The lowest BCUT2D eigenvalue weighted by atomic mass is 10.2. The maximum absolute atomic E-state index is 10.9. The van der Waals surface area contributed by atoms with Crippen molar-refractivity contribution < 1.29 is 9.59 Å². The molecule has 0 aromatic heterocycles. The second kappa shape index (κ2) is 3.91. The van der Waals surface area contributed by atoms with E-state index in [2.05, 4.69) is 17.9 Å². The first kappa shape index (κ1) is 9.54. The van der Waals surface area contributed by atoms with Crippen LogP contribution in [0.3, 0.4) is 0 Å². The molecule has 0 aromatic carbocycles. The van der Waals surface area contributed by atoms with Gasteiger partial charge in [0.2, 0.25) is 11.0 Å². The van der Waals surface area contributed by atoms with Crippen molar-refractivity contribution in [2.45, 2.75) is 13.0 Å². The standard InChI is InChI=1S/C7H12N2O2S/c1-5(7(11)12)9-3-2-8-6(10)4-9/h5H,2-4H2,1H3,(H,8,10)(H,11,12). The summed E-state index contributed by atoms with van der Waals surface area (Å²) in [5.74, 6) is -0.0253. The highest BCUT2D eigenvalue weighted by molar-refractivity contribution is 7.96. The molecule has 1 aliphatic rings. The average molecular weight is 188 g/mol. The zero-order valence-corrected chi connectivity index (χ0v) is 7.80. The lowest BCUT2D eigenvalue weighted by Gasteiger charge is -2.29. The van der Waals surface area contributed by atoms with Crippen LogP contribution in [0.5, 0.6) is 0 Å². The minimum atomic E-state index is -0.264. The second-order valence-electron chi connectivity index (χ2n) is 2.83. The summed E-state index contributed by atoms with van der Waals surface area (Å²) in [6, 6.07) is -0.264. The maximum Gasteiger partial charge on any atom is 0.234 e. The lowest BCUT2D eigenvalue weighted by molar-refractivity contribution is -0.126. The van der Waals surface area contributed by atoms with E-state index in [0.717, 1.165) is 6.54 Å². The number of hydrogen-bond donors (Lipinski definition) is 2. The number of carbonyl (C=O) groups excluding carboxylic acids is 2. The number of piperazine rings is 1. The third-order valence-corrected chi connectivity index (χ3v) is 2.35. The molecule has 1 fully saturated rings. The summed E-state index contributed by atoms with van der Waals surface area (Å²) in [4.78, 5) is 23.6. The maximum atomic E-state index is 10.9. The van der Waals surface area contributed by atoms with Gasteiger partial charge in [-0.15, -0.1) is 12.6 Å². The lowest BCUT2D eigenvalue weighted by Crippen LogP contribution is -2.52. The smallest absolute Gasteiger partial charge is 0.234 e. The minimum absolute atomic E-state index is 0.0253. The van der Waals surface area contributed by atoms with Crippen molar-refractivity contribution in [1.82, 2.24) is 10.2 Å². The molecule has 5 heteroatoms. The van der Waals surface area contributed by atoms with Gasteiger partial charge in [-0.1, -0.05) is 0 Å². The van der Waals surface area contributed by atoms with E-state index in [1.165, 1.54) is 0 Å². The summed E-state index contributed by atoms with van der Waals surface area (Å²) in [7, 11) is 0. The van der Waals surface area contributed by atoms with Gasteiger partial charge in [0.05, 0.1) is 12.6 Å². The Hall–Kier alpha value is -0.550. The number of carbonyl (C=O) groups is 2. The molecule has 0 bridgehead atoms. The quantitative estimate of drug-likeness (QED) is 0.561. The van der Waals surface area contributed by atoms with Crippen LogP contribution in [0.25, 0.3) is 0 Å². The van der Waals surface area contributed by atoms with Gasteiger partial charge < -0.3 is 5.32 Å². The van der Waals surface area contributed by atoms with Crippen LogP contribution in [0.2, 0.25) is 0 Å². The molecule has 0 aliphatic carbocycles. The molecule has 0 radical (unpaired) electrons. The highest BCUT2D eigenvalue weighted by Gasteiger charge is 2.23. The molecular formula is C7H12N2O2S. The first-order valence-electron chi connectivity index (χ1n) is 3.85. The molecule has 1 unspecified atom stereocenters. The SMILES string of the molecule is CC(C(=O)S)N1CCNC(=O)C1. The second-order valence-corrected chi connectivity index (χ2v) is 3.28. The van der Waals surface area contributed by atoms with Crippen LogP contribution >= 0.6 is 12.6 Å². The van der Waals surface area contributed by atoms with Crippen molar-refractivity contribution in [1.29, 1.82) is 0 Å². The van der Waals surface area contributed by atoms with Gasteiger partial charge in [-0.2, -0.15) is 0 Å². The Morgan fingerprint density at radius 2 is 2.42 bits per heavy atom. The van der Waals surface area contributed by atoms with Gasteiger partial charge in [0.15, 0.2) is 0 Å². The summed E-state index contributed by atoms with van der Waals surface area (Å²) in [5.41, 5.74) is 0. The van der Waals surface area contributed by atoms with Gasteiger partial charge in [-0.25, -0.2) is 0 Å². The van der Waals surface area contributed by atoms with Crippen molar-refractivity contribution in [3.05, 3.63) is 0 Å². The van der Waals surface area contributed by atoms with E-state index in [-0.39, 0.29) is 17.1 Å². The number of nitrogens with one attached hydrogen (secondary N) is 1. The molecule has 12 heavy (non-hydrogen) atoms. The van der Waals surface area contributed by atoms with E-state index < -0.39 is 0 Å². The number of amides is 1. The number of thiol groups is 1. The van der Waals surface area contributed by atoms with Gasteiger partial charge >= 0.3 is 0 Å². The van der Waals surface area contributed by atoms with Crippen molar-refractivity contribution in [3.63, 3.8) is 0 Å². The third kappa shape index (κ3) is 2.22. The molecule has 0 spiro atoms. The van der Waals surface area contributed by atoms with E-state index in [1.54, 1.807) is 6.92 Å². The van der Waals surface area contributed by atoms with Crippen molar-refractivity contribution >= 4 is 23.7 Å². The molecule has 1 amide bonds. The number of hydrogen-bond acceptors (Lipinski definition) is 3. The zero-order valence-electron chi connectivity index (χ0n) is 6.91. The van der Waals surface area contributed by atoms with Crippen molar-refractivity contribution in [2.24, 2.45) is 0 Å². The predicted molar refractivity (Wildman–Crippen MR) is 48.0 cm³/mol. The highest BCUT2D eigenvalue weighted by atomic mass is 32.1. The first-order valence-corrected chi connectivity index (χ1v) is 4.29. The fourth-order valence-electron chi connectivity index (χ4n) is 1.15. The average Bonchev–Trinajstić information content (AvgIpc) is 2.03. The molecule has 0 saturated carbocycles. The van der Waals surface area contributed by atoms with Crippen LogP contribution in [0, 0.1) is 0 Å². The Bertz CT molecular complexity index is 206. The summed E-state index contributed by atoms with van der Waals surface area (Å²) >= 11 is 3.72. The number of rotatable bonds is 2. The summed E-state index contributed by atoms with van der Waals surface area (Å²) in [6.45, 7) is 3.39. The van der Waals surface area contributed by atoms with Gasteiger partial charge in [0.1, 0.15) is 0 Å². The van der Waals surface area contributed by atoms with Gasteiger partial charge in [0, 0.05) is 13.1 Å². The van der Waals surface area contributed by atoms with Gasteiger partial charge in [-0.05, 0) is 6.92 Å². The first-order chi connectivity index (χ1) is 5.61. The van der Waals surface area contributed by atoms with E-state index >= 15 is 0 Å². The molecule has 1 rings (SSSR count). The Labute approximate surface area is 76.7 Å². The Kier molecular flexibility index (Phi) is 3.11. The fraction of sp³-hybridized carbons (Fsp3) is 0.714. The Morgan fingerprint density at radius 3 is 2.92 bits per heavy atom. The Balaban J connectivity index is 2.51. The minimum Gasteiger partial charge on any atom is -0.354 e. The van der Waals surface area contributed by atoms with E-state index in [4.69, 9.17) is 0 Å². The normalized spacial score (nSPS) is 21.7. The summed E-state index contributed by atoms with van der Waals surface area (Å²) < 4.78 is 0. The monoisotopic (exact) mass is 188 g/mol. The molecule has 4 nitrogen and oxygen atoms in total. The van der Waals surface area contributed by atoms with Crippen LogP contribution in [-0.4, -0.2) is 41.6 Å². The van der Waals surface area contributed by atoms with E-state index in [0.29, 0.717) is 13.1 Å². The van der Waals surface area contributed by atoms with Crippen LogP contribution in [0.4, 0.5) is 0 Å². The molecule has 1 heterocycles. The molecule has 1 atom stereocenters. The van der Waals surface area contributed by atoms with Crippen molar-refractivity contribution in [3.8, 4) is 0 Å². The highest BCUT2D eigenvalue weighted by Crippen LogP contribution is 2.04. The largest absolute Gasteiger partial charge is 0.354 e. The third-order valence-electron chi connectivity index (χ3n) is 1.97. The van der Waals surface area contributed by atoms with Crippen LogP contribution in [0.1, 0.15) is 6.92 Å². The topological polar surface area (TPSA) is 49.4 Å². The fourth-order valence-corrected chi connectivity index (χ4v) is 1.31. The summed E-state index contributed by atoms with van der Waals surface area (Å²) in [6.07, 6.45) is 0. The van der Waals surface area contributed by atoms with E-state index in [9.17, 15) is 9.59 Å². The van der Waals surface area contributed by atoms with Crippen molar-refractivity contribution in [2.75, 3.05) is 19.6 Å². The Morgan fingerprint density at radius 1 is 1.75 bits per heavy atom. The van der Waals surface area contributed by atoms with Crippen LogP contribution in [0.15, 0.2) is 0 Å².